The van der Waals surface area contributed by atoms with Gasteiger partial charge < -0.3 is 9.68 Å². The maximum atomic E-state index is 12.2. The zero-order chi connectivity index (χ0) is 19.8. The summed E-state index contributed by atoms with van der Waals surface area (Å²) in [7, 11) is -2.87. The van der Waals surface area contributed by atoms with Crippen LogP contribution in [-0.2, 0) is 19.1 Å². The van der Waals surface area contributed by atoms with Gasteiger partial charge >= 0.3 is 14.3 Å². The Morgan fingerprint density at radius 2 is 1.44 bits per heavy atom. The van der Waals surface area contributed by atoms with Gasteiger partial charge in [0.1, 0.15) is 6.29 Å². The third-order valence-electron chi connectivity index (χ3n) is 4.63. The van der Waals surface area contributed by atoms with Gasteiger partial charge in [-0.05, 0) is 28.3 Å². The van der Waals surface area contributed by atoms with E-state index in [0.717, 1.165) is 16.7 Å². The Hall–Kier alpha value is -2.24. The first-order valence-electron chi connectivity index (χ1n) is 9.35. The van der Waals surface area contributed by atoms with E-state index in [9.17, 15) is 9.59 Å². The van der Waals surface area contributed by atoms with Gasteiger partial charge in [-0.15, -0.1) is 0 Å². The van der Waals surface area contributed by atoms with Gasteiger partial charge in [0, 0.05) is 12.8 Å². The highest BCUT2D eigenvalue weighted by Gasteiger charge is 2.53. The molecule has 0 aliphatic heterocycles. The van der Waals surface area contributed by atoms with Gasteiger partial charge in [0.05, 0.1) is 0 Å². The van der Waals surface area contributed by atoms with Gasteiger partial charge in [0.2, 0.25) is 0 Å². The van der Waals surface area contributed by atoms with Crippen LogP contribution < -0.4 is 10.4 Å². The molecule has 0 spiro atoms. The van der Waals surface area contributed by atoms with Crippen molar-refractivity contribution < 1.29 is 19.1 Å². The highest BCUT2D eigenvalue weighted by molar-refractivity contribution is 6.99. The van der Waals surface area contributed by atoms with Crippen molar-refractivity contribution in [1.29, 1.82) is 0 Å². The Bertz CT molecular complexity index is 683. The van der Waals surface area contributed by atoms with Gasteiger partial charge in [-0.2, -0.15) is 0 Å². The molecular formula is C22H28O4Si. The highest BCUT2D eigenvalue weighted by Crippen LogP contribution is 2.36. The van der Waals surface area contributed by atoms with E-state index in [-0.39, 0.29) is 11.5 Å². The molecule has 0 unspecified atom stereocenters. The molecule has 0 heterocycles. The zero-order valence-electron chi connectivity index (χ0n) is 16.3. The first-order chi connectivity index (χ1) is 12.9. The van der Waals surface area contributed by atoms with Crippen molar-refractivity contribution in [3.8, 4) is 0 Å². The molecule has 0 aromatic heterocycles. The molecule has 0 N–H and O–H groups in total. The van der Waals surface area contributed by atoms with Crippen molar-refractivity contribution in [3.63, 3.8) is 0 Å². The molecule has 0 radical (unpaired) electrons. The number of hydrogen-bond donors (Lipinski definition) is 0. The van der Waals surface area contributed by atoms with Gasteiger partial charge in [0.15, 0.2) is 0 Å². The molecule has 0 fully saturated rings. The number of rotatable bonds is 9. The molecule has 144 valence electrons. The van der Waals surface area contributed by atoms with Crippen LogP contribution in [0.25, 0.3) is 0 Å². The molecule has 0 aliphatic carbocycles. The van der Waals surface area contributed by atoms with Crippen molar-refractivity contribution in [2.24, 2.45) is 0 Å². The van der Waals surface area contributed by atoms with E-state index in [0.29, 0.717) is 19.3 Å². The quantitative estimate of drug-likeness (QED) is 0.217. The summed E-state index contributed by atoms with van der Waals surface area (Å²) in [5.74, 6) is -0.395. The number of aldehydes is 1. The van der Waals surface area contributed by atoms with E-state index < -0.39 is 14.3 Å². The summed E-state index contributed by atoms with van der Waals surface area (Å²) in [5, 5.41) is 1.85. The van der Waals surface area contributed by atoms with E-state index in [4.69, 9.17) is 9.46 Å². The number of carbonyl (C=O) groups is 2. The van der Waals surface area contributed by atoms with Crippen molar-refractivity contribution in [2.75, 3.05) is 0 Å². The van der Waals surface area contributed by atoms with Crippen LogP contribution in [0, 0.1) is 0 Å². The zero-order valence-corrected chi connectivity index (χ0v) is 17.3. The van der Waals surface area contributed by atoms with Crippen LogP contribution in [-0.4, -0.2) is 20.6 Å². The largest absolute Gasteiger partial charge is 0.340 e. The minimum atomic E-state index is -2.87. The number of unbranched alkanes of at least 4 members (excludes halogenated alkanes) is 2. The minimum Gasteiger partial charge on any atom is -0.309 e. The fourth-order valence-electron chi connectivity index (χ4n) is 3.25. The van der Waals surface area contributed by atoms with Crippen molar-refractivity contribution in [2.45, 2.75) is 51.5 Å². The average Bonchev–Trinajstić information content (AvgIpc) is 2.66. The van der Waals surface area contributed by atoms with Crippen molar-refractivity contribution >= 4 is 30.9 Å². The van der Waals surface area contributed by atoms with Crippen LogP contribution in [0.5, 0.6) is 0 Å². The number of benzene rings is 2. The second-order valence-electron chi connectivity index (χ2n) is 7.61. The smallest absolute Gasteiger partial charge is 0.309 e. The summed E-state index contributed by atoms with van der Waals surface area (Å²) in [6.07, 6.45) is 2.86. The molecule has 0 saturated carbocycles. The summed E-state index contributed by atoms with van der Waals surface area (Å²) in [5.41, 5.74) is 0. The molecule has 27 heavy (non-hydrogen) atoms. The summed E-state index contributed by atoms with van der Waals surface area (Å²) in [6.45, 7) is 6.37. The third kappa shape index (κ3) is 5.14. The Kier molecular flexibility index (Phi) is 7.51. The van der Waals surface area contributed by atoms with Crippen molar-refractivity contribution in [1.82, 2.24) is 0 Å². The minimum absolute atomic E-state index is 0.242. The van der Waals surface area contributed by atoms with E-state index in [2.05, 4.69) is 20.8 Å². The van der Waals surface area contributed by atoms with Crippen LogP contribution >= 0.6 is 0 Å². The van der Waals surface area contributed by atoms with Gasteiger partial charge in [-0.3, -0.25) is 0 Å². The molecule has 0 aliphatic rings. The maximum absolute atomic E-state index is 12.2. The lowest BCUT2D eigenvalue weighted by molar-refractivity contribution is -0.220. The molecule has 0 bridgehead atoms. The first-order valence-corrected chi connectivity index (χ1v) is 11.3. The van der Waals surface area contributed by atoms with Gasteiger partial charge in [-0.25, -0.2) is 9.37 Å². The van der Waals surface area contributed by atoms with Crippen LogP contribution in [0.1, 0.15) is 46.5 Å². The normalized spacial score (nSPS) is 11.8. The standard InChI is InChI=1S/C22H28O4Si/c1-22(2,3)27(19-13-7-4-8-14-19,20-15-9-5-10-16-20)26-25-21(24)17-11-6-12-18-23/h4-5,7-10,13-16,18H,6,11-12,17H2,1-3H3. The predicted molar refractivity (Wildman–Crippen MR) is 109 cm³/mol. The molecular weight excluding hydrogens is 356 g/mol. The maximum Gasteiger partial charge on any atom is 0.340 e. The van der Waals surface area contributed by atoms with Crippen LogP contribution in [0.4, 0.5) is 0 Å². The van der Waals surface area contributed by atoms with Crippen molar-refractivity contribution in [3.05, 3.63) is 60.7 Å². The van der Waals surface area contributed by atoms with Crippen LogP contribution in [0.15, 0.2) is 60.7 Å². The molecule has 0 saturated heterocycles. The second-order valence-corrected chi connectivity index (χ2v) is 11.8. The lowest BCUT2D eigenvalue weighted by Gasteiger charge is -2.40. The average molecular weight is 385 g/mol. The van der Waals surface area contributed by atoms with E-state index in [1.165, 1.54) is 0 Å². The Morgan fingerprint density at radius 3 is 1.89 bits per heavy atom. The second kappa shape index (κ2) is 9.62. The van der Waals surface area contributed by atoms with E-state index in [1.54, 1.807) is 0 Å². The fraction of sp³-hybridized carbons (Fsp3) is 0.364. The van der Waals surface area contributed by atoms with Crippen LogP contribution in [0.3, 0.4) is 0 Å². The molecule has 2 aromatic carbocycles. The highest BCUT2D eigenvalue weighted by atomic mass is 28.4. The first kappa shape index (κ1) is 21.1. The summed E-state index contributed by atoms with van der Waals surface area (Å²) < 4.78 is 6.10. The Morgan fingerprint density at radius 1 is 0.926 bits per heavy atom. The number of carbonyl (C=O) groups excluding carboxylic acids is 2. The Labute approximate surface area is 162 Å². The van der Waals surface area contributed by atoms with E-state index >= 15 is 0 Å². The predicted octanol–water partition coefficient (Wildman–Crippen LogP) is 3.78. The molecule has 2 rings (SSSR count). The number of hydrogen-bond acceptors (Lipinski definition) is 4. The lowest BCUT2D eigenvalue weighted by atomic mass is 10.2. The summed E-state index contributed by atoms with van der Waals surface area (Å²) >= 11 is 0. The molecule has 4 nitrogen and oxygen atoms in total. The summed E-state index contributed by atoms with van der Waals surface area (Å²) in [4.78, 5) is 28.0. The molecule has 0 amide bonds. The molecule has 0 atom stereocenters. The topological polar surface area (TPSA) is 52.6 Å². The molecule has 5 heteroatoms. The Balaban J connectivity index is 2.32. The SMILES string of the molecule is CC(C)(C)[Si](OOC(=O)CCCCC=O)(c1ccccc1)c1ccccc1. The fourth-order valence-corrected chi connectivity index (χ4v) is 7.30. The van der Waals surface area contributed by atoms with Gasteiger partial charge in [-0.1, -0.05) is 81.4 Å². The monoisotopic (exact) mass is 384 g/mol. The summed E-state index contributed by atoms with van der Waals surface area (Å²) in [6, 6.07) is 20.0. The van der Waals surface area contributed by atoms with Gasteiger partial charge in [0.25, 0.3) is 0 Å². The molecule has 2 aromatic rings. The van der Waals surface area contributed by atoms with E-state index in [1.807, 2.05) is 60.7 Å². The van der Waals surface area contributed by atoms with Crippen LogP contribution in [0.2, 0.25) is 5.04 Å². The lowest BCUT2D eigenvalue weighted by Crippen LogP contribution is -2.66. The third-order valence-corrected chi connectivity index (χ3v) is 9.37.